The number of benzene rings is 1. The van der Waals surface area contributed by atoms with Crippen molar-refractivity contribution in [3.8, 4) is 0 Å². The van der Waals surface area contributed by atoms with Gasteiger partial charge in [-0.25, -0.2) is 4.79 Å². The van der Waals surface area contributed by atoms with Gasteiger partial charge in [0.05, 0.1) is 13.7 Å². The second-order valence-electron chi connectivity index (χ2n) is 11.1. The van der Waals surface area contributed by atoms with Gasteiger partial charge in [-0.1, -0.05) is 59.7 Å². The molecule has 1 heterocycles. The molecule has 0 radical (unpaired) electrons. The summed E-state index contributed by atoms with van der Waals surface area (Å²) in [6, 6.07) is 6.53. The van der Waals surface area contributed by atoms with Crippen molar-refractivity contribution in [1.29, 1.82) is 0 Å². The maximum Gasteiger partial charge on any atom is 0.409 e. The van der Waals surface area contributed by atoms with Crippen LogP contribution in [0.3, 0.4) is 0 Å². The van der Waals surface area contributed by atoms with Gasteiger partial charge in [0.25, 0.3) is 0 Å². The molecule has 33 heavy (non-hydrogen) atoms. The number of methoxy groups -OCH3 is 1. The van der Waals surface area contributed by atoms with Crippen LogP contribution in [0.5, 0.6) is 0 Å². The molecule has 1 aromatic carbocycles. The van der Waals surface area contributed by atoms with Crippen LogP contribution in [-0.4, -0.2) is 49.0 Å². The molecule has 0 spiro atoms. The van der Waals surface area contributed by atoms with E-state index in [0.29, 0.717) is 25.8 Å². The highest BCUT2D eigenvalue weighted by molar-refractivity contribution is 5.96. The molecule has 1 aromatic rings. The lowest BCUT2D eigenvalue weighted by molar-refractivity contribution is -0.146. The molecule has 0 N–H and O–H groups in total. The number of carbonyl (C=O) groups excluding carboxylic acids is 3. The first-order valence-electron chi connectivity index (χ1n) is 11.9. The summed E-state index contributed by atoms with van der Waals surface area (Å²) >= 11 is 0. The molecule has 0 bridgehead atoms. The van der Waals surface area contributed by atoms with Gasteiger partial charge in [0.2, 0.25) is 0 Å². The number of likely N-dealkylation sites (tertiary alicyclic amines) is 1. The number of rotatable bonds is 6. The summed E-state index contributed by atoms with van der Waals surface area (Å²) in [7, 11) is 1.38. The number of nitrogens with zero attached hydrogens (tertiary/aromatic N) is 1. The Kier molecular flexibility index (Phi) is 8.72. The number of amides is 1. The molecule has 0 saturated carbocycles. The molecule has 0 aliphatic carbocycles. The first-order valence-corrected chi connectivity index (χ1v) is 11.9. The SMILES string of the molecule is CCOC(=O)CC(=O)[C@H]1CCN(C(=O)OC)[C@@H](Cc2cc(C(C)(C)C)cc(C(C)(C)C)c2)C1. The van der Waals surface area contributed by atoms with Crippen LogP contribution in [-0.2, 0) is 36.3 Å². The van der Waals surface area contributed by atoms with Crippen molar-refractivity contribution in [1.82, 2.24) is 4.90 Å². The van der Waals surface area contributed by atoms with Crippen molar-refractivity contribution in [2.24, 2.45) is 5.92 Å². The first-order chi connectivity index (χ1) is 15.3. The molecule has 2 rings (SSSR count). The molecule has 1 fully saturated rings. The number of ether oxygens (including phenoxy) is 2. The van der Waals surface area contributed by atoms with E-state index in [1.165, 1.54) is 18.2 Å². The third-order valence-corrected chi connectivity index (χ3v) is 6.40. The van der Waals surface area contributed by atoms with Crippen LogP contribution in [0.15, 0.2) is 18.2 Å². The van der Waals surface area contributed by atoms with Gasteiger partial charge in [-0.05, 0) is 53.7 Å². The van der Waals surface area contributed by atoms with Gasteiger partial charge in [0.15, 0.2) is 0 Å². The average Bonchev–Trinajstić information content (AvgIpc) is 2.71. The second-order valence-corrected chi connectivity index (χ2v) is 11.1. The van der Waals surface area contributed by atoms with Gasteiger partial charge >= 0.3 is 12.1 Å². The van der Waals surface area contributed by atoms with Gasteiger partial charge in [-0.3, -0.25) is 9.59 Å². The minimum absolute atomic E-state index is 0.0112. The summed E-state index contributed by atoms with van der Waals surface area (Å²) in [5, 5.41) is 0. The third kappa shape index (κ3) is 7.31. The lowest BCUT2D eigenvalue weighted by Crippen LogP contribution is -2.48. The van der Waals surface area contributed by atoms with Gasteiger partial charge in [-0.2, -0.15) is 0 Å². The predicted octanol–water partition coefficient (Wildman–Crippen LogP) is 5.19. The van der Waals surface area contributed by atoms with Gasteiger partial charge in [0.1, 0.15) is 12.2 Å². The van der Waals surface area contributed by atoms with Crippen LogP contribution in [0, 0.1) is 5.92 Å². The predicted molar refractivity (Wildman–Crippen MR) is 129 cm³/mol. The van der Waals surface area contributed by atoms with Crippen LogP contribution in [0.1, 0.15) is 84.4 Å². The normalized spacial score (nSPS) is 19.2. The molecule has 6 nitrogen and oxygen atoms in total. The molecular weight excluding hydrogens is 418 g/mol. The monoisotopic (exact) mass is 459 g/mol. The molecule has 1 amide bonds. The van der Waals surface area contributed by atoms with E-state index in [-0.39, 0.29) is 47.7 Å². The fraction of sp³-hybridized carbons (Fsp3) is 0.667. The number of ketones is 1. The van der Waals surface area contributed by atoms with Crippen LogP contribution in [0.4, 0.5) is 4.79 Å². The molecule has 0 unspecified atom stereocenters. The van der Waals surface area contributed by atoms with Gasteiger partial charge < -0.3 is 14.4 Å². The van der Waals surface area contributed by atoms with E-state index in [9.17, 15) is 14.4 Å². The summed E-state index contributed by atoms with van der Waals surface area (Å²) in [4.78, 5) is 38.8. The molecule has 0 aromatic heterocycles. The minimum Gasteiger partial charge on any atom is -0.466 e. The van der Waals surface area contributed by atoms with Crippen LogP contribution in [0.2, 0.25) is 0 Å². The Morgan fingerprint density at radius 2 is 1.58 bits per heavy atom. The number of esters is 1. The van der Waals surface area contributed by atoms with E-state index in [1.807, 2.05) is 0 Å². The maximum absolute atomic E-state index is 12.8. The zero-order chi connectivity index (χ0) is 25.0. The topological polar surface area (TPSA) is 72.9 Å². The van der Waals surface area contributed by atoms with Crippen molar-refractivity contribution in [3.63, 3.8) is 0 Å². The fourth-order valence-corrected chi connectivity index (χ4v) is 4.34. The second kappa shape index (κ2) is 10.7. The highest BCUT2D eigenvalue weighted by Crippen LogP contribution is 2.33. The van der Waals surface area contributed by atoms with E-state index < -0.39 is 5.97 Å². The Bertz CT molecular complexity index is 830. The van der Waals surface area contributed by atoms with E-state index in [0.717, 1.165) is 5.56 Å². The zero-order valence-electron chi connectivity index (χ0n) is 21.6. The zero-order valence-corrected chi connectivity index (χ0v) is 21.6. The lowest BCUT2D eigenvalue weighted by atomic mass is 9.78. The number of hydrogen-bond donors (Lipinski definition) is 0. The van der Waals surface area contributed by atoms with Crippen molar-refractivity contribution in [2.75, 3.05) is 20.3 Å². The fourth-order valence-electron chi connectivity index (χ4n) is 4.34. The van der Waals surface area contributed by atoms with Crippen LogP contribution >= 0.6 is 0 Å². The molecule has 1 aliphatic heterocycles. The Hall–Kier alpha value is -2.37. The van der Waals surface area contributed by atoms with Crippen molar-refractivity contribution >= 4 is 17.8 Å². The van der Waals surface area contributed by atoms with E-state index in [1.54, 1.807) is 11.8 Å². The quantitative estimate of drug-likeness (QED) is 0.432. The van der Waals surface area contributed by atoms with E-state index in [2.05, 4.69) is 59.7 Å². The van der Waals surface area contributed by atoms with E-state index in [4.69, 9.17) is 9.47 Å². The summed E-state index contributed by atoms with van der Waals surface area (Å²) < 4.78 is 9.98. The summed E-state index contributed by atoms with van der Waals surface area (Å²) in [5.41, 5.74) is 3.62. The van der Waals surface area contributed by atoms with Gasteiger partial charge in [-0.15, -0.1) is 0 Å². The third-order valence-electron chi connectivity index (χ3n) is 6.40. The average molecular weight is 460 g/mol. The first kappa shape index (κ1) is 26.9. The van der Waals surface area contributed by atoms with Crippen molar-refractivity contribution in [3.05, 3.63) is 34.9 Å². The smallest absolute Gasteiger partial charge is 0.409 e. The number of piperidine rings is 1. The number of carbonyl (C=O) groups is 3. The van der Waals surface area contributed by atoms with Crippen LogP contribution in [0.25, 0.3) is 0 Å². The highest BCUT2D eigenvalue weighted by atomic mass is 16.5. The Balaban J connectivity index is 2.34. The summed E-state index contributed by atoms with van der Waals surface area (Å²) in [6.07, 6.45) is 1.08. The number of Topliss-reactive ketones (excluding diaryl/α,β-unsaturated/α-hetero) is 1. The summed E-state index contributed by atoms with van der Waals surface area (Å²) in [6.45, 7) is 15.6. The Labute approximate surface area is 199 Å². The molecule has 6 heteroatoms. The molecule has 1 saturated heterocycles. The van der Waals surface area contributed by atoms with Crippen LogP contribution < -0.4 is 0 Å². The van der Waals surface area contributed by atoms with E-state index >= 15 is 0 Å². The molecule has 184 valence electrons. The maximum atomic E-state index is 12.8. The standard InChI is InChI=1S/C27H41NO5/c1-9-33-24(30)17-23(29)19-10-11-28(25(31)32-8)22(15-19)14-18-12-20(26(2,3)4)16-21(13-18)27(5,6)7/h12-13,16,19,22H,9-11,14-15,17H2,1-8H3/t19-,22-/m0/s1. The van der Waals surface area contributed by atoms with Gasteiger partial charge in [0, 0.05) is 18.5 Å². The van der Waals surface area contributed by atoms with Crippen molar-refractivity contribution in [2.45, 2.75) is 91.0 Å². The lowest BCUT2D eigenvalue weighted by Gasteiger charge is -2.38. The largest absolute Gasteiger partial charge is 0.466 e. The Morgan fingerprint density at radius 3 is 2.06 bits per heavy atom. The molecule has 2 atom stereocenters. The minimum atomic E-state index is -0.484. The highest BCUT2D eigenvalue weighted by Gasteiger charge is 2.36. The Morgan fingerprint density at radius 1 is 1.00 bits per heavy atom. The molecular formula is C27H41NO5. The molecule has 1 aliphatic rings. The summed E-state index contributed by atoms with van der Waals surface area (Å²) in [5.74, 6) is -0.864. The number of hydrogen-bond acceptors (Lipinski definition) is 5. The van der Waals surface area contributed by atoms with Crippen molar-refractivity contribution < 1.29 is 23.9 Å².